The number of benzene rings is 1. The Kier molecular flexibility index (Phi) is 4.92. The van der Waals surface area contributed by atoms with Crippen molar-refractivity contribution in [1.82, 2.24) is 20.2 Å². The maximum absolute atomic E-state index is 12.9. The molecule has 3 aromatic rings. The standard InChI is InChI=1S/C18H20N4O3/c1-4-22(11-15-20-17(12(2)3)21-24-15)18(23)14-10-19-25-16(14)13-8-6-5-7-9-13/h5-10,12H,4,11H2,1-3H3. The Morgan fingerprint density at radius 3 is 2.60 bits per heavy atom. The molecule has 3 rings (SSSR count). The third-order valence-electron chi connectivity index (χ3n) is 3.83. The van der Waals surface area contributed by atoms with Crippen LogP contribution in [0.5, 0.6) is 0 Å². The van der Waals surface area contributed by atoms with E-state index in [1.807, 2.05) is 51.1 Å². The van der Waals surface area contributed by atoms with Gasteiger partial charge in [0.15, 0.2) is 11.6 Å². The quantitative estimate of drug-likeness (QED) is 0.682. The van der Waals surface area contributed by atoms with Gasteiger partial charge in [-0.05, 0) is 6.92 Å². The Hall–Kier alpha value is -2.96. The van der Waals surface area contributed by atoms with E-state index in [1.165, 1.54) is 6.20 Å². The van der Waals surface area contributed by atoms with Gasteiger partial charge in [0.1, 0.15) is 12.1 Å². The van der Waals surface area contributed by atoms with Gasteiger partial charge < -0.3 is 13.9 Å². The first-order valence-electron chi connectivity index (χ1n) is 8.22. The molecule has 0 spiro atoms. The lowest BCUT2D eigenvalue weighted by atomic mass is 10.1. The van der Waals surface area contributed by atoms with Gasteiger partial charge in [0, 0.05) is 18.0 Å². The van der Waals surface area contributed by atoms with Crippen LogP contribution >= 0.6 is 0 Å². The second-order valence-electron chi connectivity index (χ2n) is 5.95. The lowest BCUT2D eigenvalue weighted by Gasteiger charge is -2.18. The number of hydrogen-bond donors (Lipinski definition) is 0. The van der Waals surface area contributed by atoms with E-state index in [9.17, 15) is 4.79 Å². The van der Waals surface area contributed by atoms with Crippen LogP contribution in [0.4, 0.5) is 0 Å². The van der Waals surface area contributed by atoms with Gasteiger partial charge in [0.25, 0.3) is 5.91 Å². The summed E-state index contributed by atoms with van der Waals surface area (Å²) in [6.07, 6.45) is 1.45. The van der Waals surface area contributed by atoms with Gasteiger partial charge in [-0.15, -0.1) is 0 Å². The minimum atomic E-state index is -0.188. The van der Waals surface area contributed by atoms with E-state index in [1.54, 1.807) is 4.90 Å². The second-order valence-corrected chi connectivity index (χ2v) is 5.95. The van der Waals surface area contributed by atoms with Crippen molar-refractivity contribution in [2.75, 3.05) is 6.54 Å². The van der Waals surface area contributed by atoms with Gasteiger partial charge in [-0.2, -0.15) is 4.98 Å². The third-order valence-corrected chi connectivity index (χ3v) is 3.83. The van der Waals surface area contributed by atoms with Gasteiger partial charge in [-0.3, -0.25) is 4.79 Å². The van der Waals surface area contributed by atoms with Crippen LogP contribution in [0.25, 0.3) is 11.3 Å². The number of aromatic nitrogens is 3. The highest BCUT2D eigenvalue weighted by atomic mass is 16.5. The first kappa shape index (κ1) is 16.9. The molecule has 0 unspecified atom stereocenters. The number of nitrogens with zero attached hydrogens (tertiary/aromatic N) is 4. The highest BCUT2D eigenvalue weighted by Gasteiger charge is 2.24. The number of rotatable bonds is 6. The van der Waals surface area contributed by atoms with Gasteiger partial charge in [0.05, 0.1) is 6.20 Å². The van der Waals surface area contributed by atoms with Crippen molar-refractivity contribution < 1.29 is 13.8 Å². The second kappa shape index (κ2) is 7.29. The molecule has 2 aromatic heterocycles. The number of carbonyl (C=O) groups is 1. The number of hydrogen-bond acceptors (Lipinski definition) is 6. The zero-order valence-corrected chi connectivity index (χ0v) is 14.5. The van der Waals surface area contributed by atoms with Gasteiger partial charge >= 0.3 is 0 Å². The van der Waals surface area contributed by atoms with E-state index in [0.29, 0.717) is 29.6 Å². The van der Waals surface area contributed by atoms with Gasteiger partial charge in [0.2, 0.25) is 5.89 Å². The Bertz CT molecular complexity index is 839. The molecular weight excluding hydrogens is 320 g/mol. The zero-order valence-electron chi connectivity index (χ0n) is 14.5. The Morgan fingerprint density at radius 2 is 1.96 bits per heavy atom. The Morgan fingerprint density at radius 1 is 1.20 bits per heavy atom. The van der Waals surface area contributed by atoms with E-state index in [4.69, 9.17) is 9.05 Å². The number of carbonyl (C=O) groups excluding carboxylic acids is 1. The van der Waals surface area contributed by atoms with E-state index < -0.39 is 0 Å². The molecule has 7 heteroatoms. The predicted octanol–water partition coefficient (Wildman–Crippen LogP) is 3.51. The molecule has 0 aliphatic heterocycles. The smallest absolute Gasteiger partial charge is 0.259 e. The Balaban J connectivity index is 1.82. The molecular formula is C18H20N4O3. The first-order valence-corrected chi connectivity index (χ1v) is 8.22. The molecule has 0 bridgehead atoms. The molecule has 0 saturated heterocycles. The summed E-state index contributed by atoms with van der Waals surface area (Å²) in [5, 5.41) is 7.73. The molecule has 7 nitrogen and oxygen atoms in total. The van der Waals surface area contributed by atoms with Gasteiger partial charge in [-0.25, -0.2) is 0 Å². The molecule has 0 radical (unpaired) electrons. The minimum absolute atomic E-state index is 0.172. The monoisotopic (exact) mass is 340 g/mol. The average Bonchev–Trinajstić information content (AvgIpc) is 3.29. The van der Waals surface area contributed by atoms with Crippen LogP contribution in [0.1, 0.15) is 48.8 Å². The van der Waals surface area contributed by atoms with Gasteiger partial charge in [-0.1, -0.05) is 54.5 Å². The summed E-state index contributed by atoms with van der Waals surface area (Å²) in [4.78, 5) is 18.9. The lowest BCUT2D eigenvalue weighted by Crippen LogP contribution is -2.30. The largest absolute Gasteiger partial charge is 0.355 e. The highest BCUT2D eigenvalue weighted by molar-refractivity contribution is 5.99. The van der Waals surface area contributed by atoms with Crippen LogP contribution in [0, 0.1) is 0 Å². The van der Waals surface area contributed by atoms with E-state index >= 15 is 0 Å². The third kappa shape index (κ3) is 3.60. The molecule has 0 N–H and O–H groups in total. The van der Waals surface area contributed by atoms with Crippen LogP contribution in [0.15, 0.2) is 45.6 Å². The van der Waals surface area contributed by atoms with Crippen LogP contribution < -0.4 is 0 Å². The van der Waals surface area contributed by atoms with Crippen LogP contribution in [-0.4, -0.2) is 32.6 Å². The predicted molar refractivity (Wildman–Crippen MR) is 90.7 cm³/mol. The molecule has 0 aliphatic rings. The summed E-state index contributed by atoms with van der Waals surface area (Å²) in [6.45, 7) is 6.61. The summed E-state index contributed by atoms with van der Waals surface area (Å²) in [7, 11) is 0. The summed E-state index contributed by atoms with van der Waals surface area (Å²) < 4.78 is 10.5. The maximum Gasteiger partial charge on any atom is 0.259 e. The minimum Gasteiger partial charge on any atom is -0.355 e. The van der Waals surface area contributed by atoms with Crippen LogP contribution in [0.3, 0.4) is 0 Å². The van der Waals surface area contributed by atoms with Crippen LogP contribution in [-0.2, 0) is 6.54 Å². The SMILES string of the molecule is CCN(Cc1nc(C(C)C)no1)C(=O)c1cnoc1-c1ccccc1. The molecule has 0 fully saturated rings. The maximum atomic E-state index is 12.9. The van der Waals surface area contributed by atoms with E-state index in [-0.39, 0.29) is 18.4 Å². The fourth-order valence-electron chi connectivity index (χ4n) is 2.42. The molecule has 1 amide bonds. The molecule has 130 valence electrons. The lowest BCUT2D eigenvalue weighted by molar-refractivity contribution is 0.0735. The fraction of sp³-hybridized carbons (Fsp3) is 0.333. The van der Waals surface area contributed by atoms with Crippen molar-refractivity contribution in [2.45, 2.75) is 33.2 Å². The molecule has 1 aromatic carbocycles. The molecule has 0 atom stereocenters. The molecule has 0 saturated carbocycles. The van der Waals surface area contributed by atoms with Crippen molar-refractivity contribution in [3.8, 4) is 11.3 Å². The molecule has 2 heterocycles. The zero-order chi connectivity index (χ0) is 17.8. The highest BCUT2D eigenvalue weighted by Crippen LogP contribution is 2.25. The summed E-state index contributed by atoms with van der Waals surface area (Å²) in [5.41, 5.74) is 1.22. The van der Waals surface area contributed by atoms with E-state index in [0.717, 1.165) is 5.56 Å². The topological polar surface area (TPSA) is 85.3 Å². The van der Waals surface area contributed by atoms with Crippen molar-refractivity contribution in [1.29, 1.82) is 0 Å². The first-order chi connectivity index (χ1) is 12.1. The summed E-state index contributed by atoms with van der Waals surface area (Å²) in [5.74, 6) is 1.49. The van der Waals surface area contributed by atoms with Crippen molar-refractivity contribution in [3.63, 3.8) is 0 Å². The summed E-state index contributed by atoms with van der Waals surface area (Å²) >= 11 is 0. The van der Waals surface area contributed by atoms with Crippen molar-refractivity contribution in [2.24, 2.45) is 0 Å². The van der Waals surface area contributed by atoms with E-state index in [2.05, 4.69) is 15.3 Å². The van der Waals surface area contributed by atoms with Crippen molar-refractivity contribution >= 4 is 5.91 Å². The van der Waals surface area contributed by atoms with Crippen LogP contribution in [0.2, 0.25) is 0 Å². The summed E-state index contributed by atoms with van der Waals surface area (Å²) in [6, 6.07) is 9.42. The fourth-order valence-corrected chi connectivity index (χ4v) is 2.42. The van der Waals surface area contributed by atoms with Crippen molar-refractivity contribution in [3.05, 3.63) is 53.8 Å². The molecule has 0 aliphatic carbocycles. The Labute approximate surface area is 145 Å². The number of amides is 1. The molecule has 25 heavy (non-hydrogen) atoms. The average molecular weight is 340 g/mol. The normalized spacial score (nSPS) is 11.0.